The van der Waals surface area contributed by atoms with E-state index in [9.17, 15) is 18.0 Å². The van der Waals surface area contributed by atoms with Crippen molar-refractivity contribution in [3.8, 4) is 0 Å². The van der Waals surface area contributed by atoms with Crippen molar-refractivity contribution in [3.63, 3.8) is 0 Å². The molecule has 0 aliphatic rings. The highest BCUT2D eigenvalue weighted by atomic mass is 35.5. The third kappa shape index (κ3) is 6.37. The number of benzene rings is 2. The molecule has 0 radical (unpaired) electrons. The third-order valence-electron chi connectivity index (χ3n) is 3.90. The molecule has 0 aliphatic heterocycles. The van der Waals surface area contributed by atoms with Crippen LogP contribution in [0.15, 0.2) is 47.4 Å². The summed E-state index contributed by atoms with van der Waals surface area (Å²) in [4.78, 5) is 23.7. The molecule has 6 nitrogen and oxygen atoms in total. The van der Waals surface area contributed by atoms with Crippen LogP contribution in [0.25, 0.3) is 0 Å². The summed E-state index contributed by atoms with van der Waals surface area (Å²) in [5.74, 6) is -1.66. The monoisotopic (exact) mass is 409 g/mol. The fraction of sp³-hybridized carbons (Fsp3) is 0.263. The van der Waals surface area contributed by atoms with Gasteiger partial charge in [0.15, 0.2) is 16.4 Å². The number of amides is 1. The number of anilines is 1. The quantitative estimate of drug-likeness (QED) is 0.708. The van der Waals surface area contributed by atoms with E-state index in [-0.39, 0.29) is 17.1 Å². The molecule has 1 amide bonds. The molecule has 0 unspecified atom stereocenters. The van der Waals surface area contributed by atoms with Crippen molar-refractivity contribution in [2.75, 3.05) is 17.7 Å². The molecule has 2 aromatic carbocycles. The van der Waals surface area contributed by atoms with Crippen molar-refractivity contribution >= 4 is 39.0 Å². The van der Waals surface area contributed by atoms with Crippen LogP contribution in [-0.2, 0) is 24.2 Å². The normalized spacial score (nSPS) is 11.1. The van der Waals surface area contributed by atoms with E-state index in [1.54, 1.807) is 36.4 Å². The van der Waals surface area contributed by atoms with E-state index in [4.69, 9.17) is 16.3 Å². The molecule has 0 atom stereocenters. The summed E-state index contributed by atoms with van der Waals surface area (Å²) in [6.45, 7) is 3.21. The molecule has 8 heteroatoms. The summed E-state index contributed by atoms with van der Waals surface area (Å²) in [6, 6.07) is 11.3. The molecule has 2 aromatic rings. The van der Waals surface area contributed by atoms with Gasteiger partial charge in [-0.05, 0) is 61.4 Å². The zero-order chi connectivity index (χ0) is 20.0. The van der Waals surface area contributed by atoms with Gasteiger partial charge in [0.2, 0.25) is 0 Å². The van der Waals surface area contributed by atoms with Crippen LogP contribution in [0.5, 0.6) is 0 Å². The van der Waals surface area contributed by atoms with Gasteiger partial charge in [0.05, 0.1) is 17.1 Å². The Balaban J connectivity index is 1.82. The van der Waals surface area contributed by atoms with Crippen LogP contribution in [0.2, 0.25) is 5.02 Å². The highest BCUT2D eigenvalue weighted by Crippen LogP contribution is 2.17. The zero-order valence-electron chi connectivity index (χ0n) is 15.0. The standard InChI is InChI=1S/C19H20ClNO5S/c1-13-3-8-17(11-14(13)2)27(24,25)10-9-19(23)26-12-18(22)21-16-6-4-15(20)5-7-16/h3-8,11H,9-10,12H2,1-2H3,(H,21,22). The molecule has 0 aromatic heterocycles. The van der Waals surface area contributed by atoms with Gasteiger partial charge in [-0.1, -0.05) is 17.7 Å². The summed E-state index contributed by atoms with van der Waals surface area (Å²) >= 11 is 5.75. The van der Waals surface area contributed by atoms with E-state index < -0.39 is 28.3 Å². The third-order valence-corrected chi connectivity index (χ3v) is 5.87. The second kappa shape index (κ2) is 9.01. The first-order valence-electron chi connectivity index (χ1n) is 8.18. The van der Waals surface area contributed by atoms with Gasteiger partial charge in [0.25, 0.3) is 5.91 Å². The van der Waals surface area contributed by atoms with Crippen LogP contribution >= 0.6 is 11.6 Å². The average Bonchev–Trinajstić information content (AvgIpc) is 2.62. The molecule has 0 bridgehead atoms. The Morgan fingerprint density at radius 1 is 1.04 bits per heavy atom. The highest BCUT2D eigenvalue weighted by Gasteiger charge is 2.18. The molecule has 0 fully saturated rings. The maximum Gasteiger partial charge on any atom is 0.307 e. The molecule has 27 heavy (non-hydrogen) atoms. The van der Waals surface area contributed by atoms with Crippen LogP contribution in [0.4, 0.5) is 5.69 Å². The number of carbonyl (C=O) groups excluding carboxylic acids is 2. The molecule has 0 spiro atoms. The Bertz CT molecular complexity index is 939. The molecule has 1 N–H and O–H groups in total. The largest absolute Gasteiger partial charge is 0.456 e. The van der Waals surface area contributed by atoms with Gasteiger partial charge in [-0.25, -0.2) is 8.42 Å². The number of esters is 1. The highest BCUT2D eigenvalue weighted by molar-refractivity contribution is 7.91. The van der Waals surface area contributed by atoms with Gasteiger partial charge < -0.3 is 10.1 Å². The lowest BCUT2D eigenvalue weighted by atomic mass is 10.1. The van der Waals surface area contributed by atoms with E-state index >= 15 is 0 Å². The number of rotatable bonds is 7. The number of aryl methyl sites for hydroxylation is 2. The lowest BCUT2D eigenvalue weighted by Crippen LogP contribution is -2.22. The number of hydrogen-bond donors (Lipinski definition) is 1. The van der Waals surface area contributed by atoms with Gasteiger partial charge in [-0.15, -0.1) is 0 Å². The molecular formula is C19H20ClNO5S. The summed E-state index contributed by atoms with van der Waals surface area (Å²) in [5, 5.41) is 3.07. The number of hydrogen-bond acceptors (Lipinski definition) is 5. The maximum atomic E-state index is 12.3. The van der Waals surface area contributed by atoms with Crippen molar-refractivity contribution in [1.29, 1.82) is 0 Å². The summed E-state index contributed by atoms with van der Waals surface area (Å²) in [7, 11) is -3.60. The average molecular weight is 410 g/mol. The van der Waals surface area contributed by atoms with Gasteiger partial charge in [0, 0.05) is 10.7 Å². The van der Waals surface area contributed by atoms with Crippen molar-refractivity contribution in [2.45, 2.75) is 25.2 Å². The van der Waals surface area contributed by atoms with Gasteiger partial charge in [-0.3, -0.25) is 9.59 Å². The van der Waals surface area contributed by atoms with Crippen LogP contribution in [-0.4, -0.2) is 32.7 Å². The van der Waals surface area contributed by atoms with Crippen LogP contribution < -0.4 is 5.32 Å². The van der Waals surface area contributed by atoms with Crippen molar-refractivity contribution in [1.82, 2.24) is 0 Å². The van der Waals surface area contributed by atoms with Crippen LogP contribution in [0.3, 0.4) is 0 Å². The van der Waals surface area contributed by atoms with Crippen molar-refractivity contribution in [2.24, 2.45) is 0 Å². The van der Waals surface area contributed by atoms with Crippen LogP contribution in [0.1, 0.15) is 17.5 Å². The fourth-order valence-corrected chi connectivity index (χ4v) is 3.62. The minimum absolute atomic E-state index is 0.166. The summed E-state index contributed by atoms with van der Waals surface area (Å²) in [5.41, 5.74) is 2.36. The Hall–Kier alpha value is -2.38. The van der Waals surface area contributed by atoms with Crippen molar-refractivity contribution < 1.29 is 22.7 Å². The molecule has 0 saturated heterocycles. The number of ether oxygens (including phenoxy) is 1. The summed E-state index contributed by atoms with van der Waals surface area (Å²) < 4.78 is 29.5. The Morgan fingerprint density at radius 2 is 1.70 bits per heavy atom. The molecule has 0 heterocycles. The number of sulfone groups is 1. The van der Waals surface area contributed by atoms with Gasteiger partial charge >= 0.3 is 5.97 Å². The number of halogens is 1. The Kier molecular flexibility index (Phi) is 6.98. The van der Waals surface area contributed by atoms with Gasteiger partial charge in [-0.2, -0.15) is 0 Å². The molecule has 0 aliphatic carbocycles. The lowest BCUT2D eigenvalue weighted by Gasteiger charge is -2.08. The Morgan fingerprint density at radius 3 is 2.33 bits per heavy atom. The van der Waals surface area contributed by atoms with Crippen molar-refractivity contribution in [3.05, 3.63) is 58.6 Å². The first kappa shape index (κ1) is 20.9. The molecular weight excluding hydrogens is 390 g/mol. The molecule has 2 rings (SSSR count). The molecule has 144 valence electrons. The lowest BCUT2D eigenvalue weighted by molar-refractivity contribution is -0.146. The Labute approximate surface area is 163 Å². The minimum Gasteiger partial charge on any atom is -0.456 e. The summed E-state index contributed by atoms with van der Waals surface area (Å²) in [6.07, 6.45) is -0.330. The predicted molar refractivity (Wildman–Crippen MR) is 104 cm³/mol. The minimum atomic E-state index is -3.60. The SMILES string of the molecule is Cc1ccc(S(=O)(=O)CCC(=O)OCC(=O)Nc2ccc(Cl)cc2)cc1C. The first-order valence-corrected chi connectivity index (χ1v) is 10.2. The van der Waals surface area contributed by atoms with E-state index in [1.165, 1.54) is 6.07 Å². The van der Waals surface area contributed by atoms with Crippen LogP contribution in [0, 0.1) is 13.8 Å². The molecule has 0 saturated carbocycles. The van der Waals surface area contributed by atoms with E-state index in [0.29, 0.717) is 10.7 Å². The van der Waals surface area contributed by atoms with E-state index in [1.807, 2.05) is 13.8 Å². The van der Waals surface area contributed by atoms with Gasteiger partial charge in [0.1, 0.15) is 0 Å². The topological polar surface area (TPSA) is 89.5 Å². The zero-order valence-corrected chi connectivity index (χ0v) is 16.6. The maximum absolute atomic E-state index is 12.3. The van der Waals surface area contributed by atoms with E-state index in [0.717, 1.165) is 11.1 Å². The fourth-order valence-electron chi connectivity index (χ4n) is 2.19. The second-order valence-corrected chi connectivity index (χ2v) is 8.58. The smallest absolute Gasteiger partial charge is 0.307 e. The van der Waals surface area contributed by atoms with E-state index in [2.05, 4.69) is 5.32 Å². The second-order valence-electron chi connectivity index (χ2n) is 6.03. The number of nitrogens with one attached hydrogen (secondary N) is 1. The predicted octanol–water partition coefficient (Wildman–Crippen LogP) is 3.30. The first-order chi connectivity index (χ1) is 12.7. The number of carbonyl (C=O) groups is 2.